The molecule has 1 aliphatic carbocycles. The van der Waals surface area contributed by atoms with Crippen molar-refractivity contribution >= 4 is 24.2 Å². The summed E-state index contributed by atoms with van der Waals surface area (Å²) in [5.74, 6) is 0.270. The number of rotatable bonds is 8. The summed E-state index contributed by atoms with van der Waals surface area (Å²) in [6.45, 7) is 7.48. The second-order valence-corrected chi connectivity index (χ2v) is 5.86. The maximum absolute atomic E-state index is 11.9. The van der Waals surface area contributed by atoms with Crippen molar-refractivity contribution in [2.75, 3.05) is 13.1 Å². The van der Waals surface area contributed by atoms with E-state index in [2.05, 4.69) is 16.0 Å². The van der Waals surface area contributed by atoms with E-state index in [-0.39, 0.29) is 42.2 Å². The largest absolute Gasteiger partial charge is 0.354 e. The highest BCUT2D eigenvalue weighted by Gasteiger charge is 2.24. The lowest BCUT2D eigenvalue weighted by Crippen LogP contribution is -2.42. The SMILES string of the molecule is CCN[C@H](C)CNC(=O)CC(C)NC(=O)C1CCCC1.Cl. The van der Waals surface area contributed by atoms with Crippen LogP contribution in [0.25, 0.3) is 0 Å². The number of halogens is 1. The summed E-state index contributed by atoms with van der Waals surface area (Å²) in [4.78, 5) is 23.7. The maximum Gasteiger partial charge on any atom is 0.223 e. The summed E-state index contributed by atoms with van der Waals surface area (Å²) in [5.41, 5.74) is 0. The summed E-state index contributed by atoms with van der Waals surface area (Å²) in [6, 6.07) is 0.171. The molecule has 0 aromatic heterocycles. The molecule has 1 fully saturated rings. The van der Waals surface area contributed by atoms with E-state index in [0.717, 1.165) is 32.2 Å². The van der Waals surface area contributed by atoms with Gasteiger partial charge in [-0.15, -0.1) is 12.4 Å². The Labute approximate surface area is 134 Å². The molecule has 1 saturated carbocycles. The predicted octanol–water partition coefficient (Wildman–Crippen LogP) is 1.61. The van der Waals surface area contributed by atoms with Gasteiger partial charge in [0, 0.05) is 31.0 Å². The standard InChI is InChI=1S/C15H29N3O2.ClH/c1-4-16-12(3)10-17-14(19)9-11(2)18-15(20)13-7-5-6-8-13;/h11-13,16H,4-10H2,1-3H3,(H,17,19)(H,18,20);1H/t11?,12-;/m1./s1. The highest BCUT2D eigenvalue weighted by atomic mass is 35.5. The summed E-state index contributed by atoms with van der Waals surface area (Å²) in [7, 11) is 0. The topological polar surface area (TPSA) is 70.2 Å². The zero-order valence-electron chi connectivity index (χ0n) is 13.4. The molecule has 0 radical (unpaired) electrons. The first-order valence-corrected chi connectivity index (χ1v) is 7.83. The average Bonchev–Trinajstić information content (AvgIpc) is 2.90. The Morgan fingerprint density at radius 2 is 1.76 bits per heavy atom. The Bertz CT molecular complexity index is 320. The molecule has 0 bridgehead atoms. The Hall–Kier alpha value is -0.810. The smallest absolute Gasteiger partial charge is 0.223 e. The summed E-state index contributed by atoms with van der Waals surface area (Å²) in [6.07, 6.45) is 4.62. The first kappa shape index (κ1) is 20.2. The van der Waals surface area contributed by atoms with E-state index < -0.39 is 0 Å². The van der Waals surface area contributed by atoms with Gasteiger partial charge in [0.25, 0.3) is 0 Å². The fraction of sp³-hybridized carbons (Fsp3) is 0.867. The third kappa shape index (κ3) is 8.27. The minimum atomic E-state index is -0.0995. The molecule has 1 rings (SSSR count). The van der Waals surface area contributed by atoms with Crippen LogP contribution in [-0.4, -0.2) is 37.0 Å². The van der Waals surface area contributed by atoms with Crippen molar-refractivity contribution < 1.29 is 9.59 Å². The molecule has 0 aromatic carbocycles. The highest BCUT2D eigenvalue weighted by molar-refractivity contribution is 5.85. The van der Waals surface area contributed by atoms with Gasteiger partial charge in [-0.1, -0.05) is 19.8 Å². The normalized spacial score (nSPS) is 17.7. The van der Waals surface area contributed by atoms with Crippen molar-refractivity contribution in [2.24, 2.45) is 5.92 Å². The van der Waals surface area contributed by atoms with Crippen molar-refractivity contribution in [1.29, 1.82) is 0 Å². The van der Waals surface area contributed by atoms with Crippen LogP contribution in [0.1, 0.15) is 52.9 Å². The van der Waals surface area contributed by atoms with Crippen LogP contribution >= 0.6 is 12.4 Å². The van der Waals surface area contributed by atoms with Gasteiger partial charge in [0.05, 0.1) is 0 Å². The second-order valence-electron chi connectivity index (χ2n) is 5.86. The molecule has 0 aliphatic heterocycles. The third-order valence-electron chi connectivity index (χ3n) is 3.76. The molecule has 1 unspecified atom stereocenters. The van der Waals surface area contributed by atoms with E-state index in [1.54, 1.807) is 0 Å². The van der Waals surface area contributed by atoms with Gasteiger partial charge in [-0.25, -0.2) is 0 Å². The van der Waals surface area contributed by atoms with Crippen LogP contribution in [0.3, 0.4) is 0 Å². The first-order chi connectivity index (χ1) is 9.52. The molecule has 3 N–H and O–H groups in total. The molecule has 5 nitrogen and oxygen atoms in total. The molecule has 0 saturated heterocycles. The third-order valence-corrected chi connectivity index (χ3v) is 3.76. The highest BCUT2D eigenvalue weighted by Crippen LogP contribution is 2.24. The Morgan fingerprint density at radius 1 is 1.14 bits per heavy atom. The molecule has 6 heteroatoms. The lowest BCUT2D eigenvalue weighted by Gasteiger charge is -2.18. The lowest BCUT2D eigenvalue weighted by atomic mass is 10.1. The molecular weight excluding hydrogens is 290 g/mol. The van der Waals surface area contributed by atoms with Gasteiger partial charge in [0.2, 0.25) is 11.8 Å². The number of likely N-dealkylation sites (N-methyl/N-ethyl adjacent to an activating group) is 1. The van der Waals surface area contributed by atoms with E-state index >= 15 is 0 Å². The molecule has 0 spiro atoms. The molecular formula is C15H30ClN3O2. The van der Waals surface area contributed by atoms with E-state index in [1.807, 2.05) is 20.8 Å². The zero-order valence-corrected chi connectivity index (χ0v) is 14.2. The predicted molar refractivity (Wildman–Crippen MR) is 87.6 cm³/mol. The van der Waals surface area contributed by atoms with Crippen LogP contribution in [0.4, 0.5) is 0 Å². The van der Waals surface area contributed by atoms with Gasteiger partial charge in [0.1, 0.15) is 0 Å². The van der Waals surface area contributed by atoms with Crippen molar-refractivity contribution in [3.8, 4) is 0 Å². The fourth-order valence-electron chi connectivity index (χ4n) is 2.64. The monoisotopic (exact) mass is 319 g/mol. The van der Waals surface area contributed by atoms with Gasteiger partial charge >= 0.3 is 0 Å². The van der Waals surface area contributed by atoms with Gasteiger partial charge in [-0.2, -0.15) is 0 Å². The van der Waals surface area contributed by atoms with Crippen molar-refractivity contribution in [2.45, 2.75) is 65.0 Å². The van der Waals surface area contributed by atoms with Crippen LogP contribution in [-0.2, 0) is 9.59 Å². The maximum atomic E-state index is 11.9. The first-order valence-electron chi connectivity index (χ1n) is 7.83. The van der Waals surface area contributed by atoms with E-state index in [0.29, 0.717) is 13.0 Å². The molecule has 1 aliphatic rings. The summed E-state index contributed by atoms with van der Waals surface area (Å²) >= 11 is 0. The minimum Gasteiger partial charge on any atom is -0.354 e. The molecule has 124 valence electrons. The van der Waals surface area contributed by atoms with Gasteiger partial charge in [-0.05, 0) is 33.2 Å². The van der Waals surface area contributed by atoms with Gasteiger partial charge in [0.15, 0.2) is 0 Å². The number of amides is 2. The average molecular weight is 320 g/mol. The fourth-order valence-corrected chi connectivity index (χ4v) is 2.64. The number of hydrogen-bond acceptors (Lipinski definition) is 3. The summed E-state index contributed by atoms with van der Waals surface area (Å²) < 4.78 is 0. The van der Waals surface area contributed by atoms with Gasteiger partial charge < -0.3 is 16.0 Å². The molecule has 0 aromatic rings. The minimum absolute atomic E-state index is 0. The Morgan fingerprint density at radius 3 is 2.33 bits per heavy atom. The van der Waals surface area contributed by atoms with E-state index in [4.69, 9.17) is 0 Å². The van der Waals surface area contributed by atoms with Crippen molar-refractivity contribution in [3.05, 3.63) is 0 Å². The number of carbonyl (C=O) groups excluding carboxylic acids is 2. The second kappa shape index (κ2) is 10.9. The lowest BCUT2D eigenvalue weighted by molar-refractivity contribution is -0.126. The van der Waals surface area contributed by atoms with Crippen LogP contribution < -0.4 is 16.0 Å². The van der Waals surface area contributed by atoms with Crippen LogP contribution in [0.5, 0.6) is 0 Å². The molecule has 21 heavy (non-hydrogen) atoms. The van der Waals surface area contributed by atoms with Crippen LogP contribution in [0.2, 0.25) is 0 Å². The number of carbonyl (C=O) groups is 2. The van der Waals surface area contributed by atoms with Crippen molar-refractivity contribution in [1.82, 2.24) is 16.0 Å². The molecule has 0 heterocycles. The Balaban J connectivity index is 0.00000400. The molecule has 2 amide bonds. The summed E-state index contributed by atoms with van der Waals surface area (Å²) in [5, 5.41) is 9.08. The quantitative estimate of drug-likeness (QED) is 0.636. The van der Waals surface area contributed by atoms with E-state index in [1.165, 1.54) is 0 Å². The van der Waals surface area contributed by atoms with Crippen molar-refractivity contribution in [3.63, 3.8) is 0 Å². The van der Waals surface area contributed by atoms with E-state index in [9.17, 15) is 9.59 Å². The number of hydrogen-bond donors (Lipinski definition) is 3. The van der Waals surface area contributed by atoms with Crippen LogP contribution in [0, 0.1) is 5.92 Å². The number of nitrogens with one attached hydrogen (secondary N) is 3. The zero-order chi connectivity index (χ0) is 15.0. The van der Waals surface area contributed by atoms with Crippen LogP contribution in [0.15, 0.2) is 0 Å². The van der Waals surface area contributed by atoms with Gasteiger partial charge in [-0.3, -0.25) is 9.59 Å². The molecule has 2 atom stereocenters. The Kier molecular flexibility index (Phi) is 10.4.